The molecule has 4 heteroatoms. The molecule has 112 valence electrons. The third-order valence-electron chi connectivity index (χ3n) is 3.26. The number of halogens is 2. The lowest BCUT2D eigenvalue weighted by Crippen LogP contribution is -2.11. The van der Waals surface area contributed by atoms with E-state index in [9.17, 15) is 8.78 Å². The van der Waals surface area contributed by atoms with E-state index in [2.05, 4.69) is 5.32 Å². The van der Waals surface area contributed by atoms with Crippen LogP contribution in [0.1, 0.15) is 23.6 Å². The molecule has 0 amide bonds. The molecule has 0 radical (unpaired) electrons. The van der Waals surface area contributed by atoms with Gasteiger partial charge in [-0.15, -0.1) is 0 Å². The minimum atomic E-state index is -0.384. The summed E-state index contributed by atoms with van der Waals surface area (Å²) in [6, 6.07) is 9.40. The fraction of sp³-hybridized carbons (Fsp3) is 0.294. The fourth-order valence-electron chi connectivity index (χ4n) is 2.02. The minimum Gasteiger partial charge on any atom is -0.486 e. The van der Waals surface area contributed by atoms with Crippen molar-refractivity contribution in [3.63, 3.8) is 0 Å². The second kappa shape index (κ2) is 7.18. The normalized spacial score (nSPS) is 10.7. The van der Waals surface area contributed by atoms with Crippen LogP contribution in [-0.2, 0) is 13.2 Å². The number of aryl methyl sites for hydroxylation is 1. The highest BCUT2D eigenvalue weighted by Crippen LogP contribution is 2.20. The van der Waals surface area contributed by atoms with Crippen LogP contribution in [0, 0.1) is 18.6 Å². The van der Waals surface area contributed by atoms with Crippen molar-refractivity contribution in [3.05, 3.63) is 64.7 Å². The van der Waals surface area contributed by atoms with Gasteiger partial charge in [0.1, 0.15) is 12.4 Å². The zero-order chi connectivity index (χ0) is 15.2. The maximum atomic E-state index is 13.9. The monoisotopic (exact) mass is 291 g/mol. The Kier molecular flexibility index (Phi) is 5.28. The van der Waals surface area contributed by atoms with Crippen LogP contribution < -0.4 is 10.1 Å². The summed E-state index contributed by atoms with van der Waals surface area (Å²) in [5, 5.41) is 3.14. The zero-order valence-electron chi connectivity index (χ0n) is 12.2. The van der Waals surface area contributed by atoms with Crippen LogP contribution in [0.5, 0.6) is 5.75 Å². The number of hydrogen-bond donors (Lipinski definition) is 1. The molecule has 0 atom stereocenters. The van der Waals surface area contributed by atoms with Crippen LogP contribution in [0.3, 0.4) is 0 Å². The predicted octanol–water partition coefficient (Wildman–Crippen LogP) is 3.96. The average Bonchev–Trinajstić information content (AvgIpc) is 2.45. The third kappa shape index (κ3) is 4.26. The molecule has 0 aliphatic carbocycles. The van der Waals surface area contributed by atoms with Gasteiger partial charge in [0.2, 0.25) is 0 Å². The average molecular weight is 291 g/mol. The maximum absolute atomic E-state index is 13.9. The molecule has 0 heterocycles. The molecule has 0 unspecified atom stereocenters. The number of rotatable bonds is 6. The van der Waals surface area contributed by atoms with Gasteiger partial charge in [-0.3, -0.25) is 0 Å². The molecule has 0 saturated heterocycles. The summed E-state index contributed by atoms with van der Waals surface area (Å²) in [6.45, 7) is 5.49. The van der Waals surface area contributed by atoms with Gasteiger partial charge in [0.25, 0.3) is 0 Å². The molecular weight excluding hydrogens is 272 g/mol. The molecule has 0 bridgehead atoms. The van der Waals surface area contributed by atoms with Crippen LogP contribution in [-0.4, -0.2) is 6.54 Å². The molecule has 2 aromatic rings. The minimum absolute atomic E-state index is 0.207. The van der Waals surface area contributed by atoms with E-state index in [0.717, 1.165) is 23.2 Å². The number of nitrogens with one attached hydrogen (secondary N) is 1. The first-order valence-corrected chi connectivity index (χ1v) is 6.97. The highest BCUT2D eigenvalue weighted by atomic mass is 19.1. The molecule has 0 aliphatic heterocycles. The van der Waals surface area contributed by atoms with Gasteiger partial charge in [0.05, 0.1) is 0 Å². The van der Waals surface area contributed by atoms with Crippen LogP contribution in [0.15, 0.2) is 36.4 Å². The predicted molar refractivity (Wildman–Crippen MR) is 79.2 cm³/mol. The topological polar surface area (TPSA) is 21.3 Å². The van der Waals surface area contributed by atoms with E-state index in [1.165, 1.54) is 18.2 Å². The molecule has 0 spiro atoms. The second-order valence-corrected chi connectivity index (χ2v) is 4.90. The van der Waals surface area contributed by atoms with Crippen LogP contribution >= 0.6 is 0 Å². The van der Waals surface area contributed by atoms with Crippen LogP contribution in [0.25, 0.3) is 0 Å². The summed E-state index contributed by atoms with van der Waals surface area (Å²) in [5.74, 6) is -0.459. The van der Waals surface area contributed by atoms with E-state index in [1.54, 1.807) is 19.1 Å². The molecule has 2 rings (SSSR count). The van der Waals surface area contributed by atoms with E-state index < -0.39 is 0 Å². The van der Waals surface area contributed by atoms with Crippen molar-refractivity contribution in [2.45, 2.75) is 27.0 Å². The SMILES string of the molecule is CCNCc1ccc(OCc2ccc(F)cc2C)c(F)c1. The van der Waals surface area contributed by atoms with Crippen molar-refractivity contribution < 1.29 is 13.5 Å². The number of benzene rings is 2. The van der Waals surface area contributed by atoms with Crippen molar-refractivity contribution in [3.8, 4) is 5.75 Å². The van der Waals surface area contributed by atoms with Gasteiger partial charge in [-0.05, 0) is 54.4 Å². The number of ether oxygens (including phenoxy) is 1. The van der Waals surface area contributed by atoms with Gasteiger partial charge in [-0.2, -0.15) is 0 Å². The van der Waals surface area contributed by atoms with Gasteiger partial charge < -0.3 is 10.1 Å². The summed E-state index contributed by atoms with van der Waals surface area (Å²) < 4.78 is 32.4. The third-order valence-corrected chi connectivity index (χ3v) is 3.26. The van der Waals surface area contributed by atoms with Gasteiger partial charge in [-0.1, -0.05) is 19.1 Å². The first-order chi connectivity index (χ1) is 10.1. The first kappa shape index (κ1) is 15.4. The largest absolute Gasteiger partial charge is 0.486 e. The Bertz CT molecular complexity index is 614. The lowest BCUT2D eigenvalue weighted by molar-refractivity contribution is 0.289. The lowest BCUT2D eigenvalue weighted by Gasteiger charge is -2.11. The van der Waals surface area contributed by atoms with Crippen LogP contribution in [0.4, 0.5) is 8.78 Å². The number of hydrogen-bond acceptors (Lipinski definition) is 2. The summed E-state index contributed by atoms with van der Waals surface area (Å²) in [7, 11) is 0. The Balaban J connectivity index is 2.02. The molecule has 0 fully saturated rings. The standard InChI is InChI=1S/C17H19F2NO/c1-3-20-10-13-4-7-17(16(19)9-13)21-11-14-5-6-15(18)8-12(14)2/h4-9,20H,3,10-11H2,1-2H3. The van der Waals surface area contributed by atoms with Crippen LogP contribution in [0.2, 0.25) is 0 Å². The van der Waals surface area contributed by atoms with E-state index in [-0.39, 0.29) is 24.0 Å². The van der Waals surface area contributed by atoms with E-state index >= 15 is 0 Å². The van der Waals surface area contributed by atoms with Crippen molar-refractivity contribution in [2.24, 2.45) is 0 Å². The Morgan fingerprint density at radius 2 is 1.90 bits per heavy atom. The molecule has 0 aliphatic rings. The summed E-state index contributed by atoms with van der Waals surface area (Å²) in [6.07, 6.45) is 0. The van der Waals surface area contributed by atoms with E-state index in [0.29, 0.717) is 6.54 Å². The van der Waals surface area contributed by atoms with Gasteiger partial charge >= 0.3 is 0 Å². The van der Waals surface area contributed by atoms with Crippen molar-refractivity contribution in [1.29, 1.82) is 0 Å². The first-order valence-electron chi connectivity index (χ1n) is 6.97. The molecule has 2 nitrogen and oxygen atoms in total. The Labute approximate surface area is 123 Å². The highest BCUT2D eigenvalue weighted by Gasteiger charge is 2.07. The summed E-state index contributed by atoms with van der Waals surface area (Å²) >= 11 is 0. The summed E-state index contributed by atoms with van der Waals surface area (Å²) in [4.78, 5) is 0. The molecular formula is C17H19F2NO. The maximum Gasteiger partial charge on any atom is 0.165 e. The summed E-state index contributed by atoms with van der Waals surface area (Å²) in [5.41, 5.74) is 2.51. The van der Waals surface area contributed by atoms with Crippen molar-refractivity contribution in [2.75, 3.05) is 6.54 Å². The smallest absolute Gasteiger partial charge is 0.165 e. The van der Waals surface area contributed by atoms with E-state index in [4.69, 9.17) is 4.74 Å². The Morgan fingerprint density at radius 1 is 1.10 bits per heavy atom. The second-order valence-electron chi connectivity index (χ2n) is 4.90. The highest BCUT2D eigenvalue weighted by molar-refractivity contribution is 5.31. The lowest BCUT2D eigenvalue weighted by atomic mass is 10.1. The van der Waals surface area contributed by atoms with Gasteiger partial charge in [-0.25, -0.2) is 8.78 Å². The quantitative estimate of drug-likeness (QED) is 0.869. The Morgan fingerprint density at radius 3 is 2.57 bits per heavy atom. The molecule has 1 N–H and O–H groups in total. The fourth-order valence-corrected chi connectivity index (χ4v) is 2.02. The van der Waals surface area contributed by atoms with Crippen molar-refractivity contribution >= 4 is 0 Å². The molecule has 0 saturated carbocycles. The van der Waals surface area contributed by atoms with Crippen molar-refractivity contribution in [1.82, 2.24) is 5.32 Å². The molecule has 0 aromatic heterocycles. The Hall–Kier alpha value is -1.94. The van der Waals surface area contributed by atoms with Gasteiger partial charge in [0.15, 0.2) is 11.6 Å². The van der Waals surface area contributed by atoms with E-state index in [1.807, 2.05) is 13.0 Å². The molecule has 2 aromatic carbocycles. The zero-order valence-corrected chi connectivity index (χ0v) is 12.2. The van der Waals surface area contributed by atoms with Gasteiger partial charge in [0, 0.05) is 6.54 Å². The molecule has 21 heavy (non-hydrogen) atoms.